The highest BCUT2D eigenvalue weighted by atomic mass is 32.1. The number of aliphatic hydroxyl groups is 1. The molecule has 1 aromatic heterocycles. The molecule has 0 fully saturated rings. The van der Waals surface area contributed by atoms with E-state index in [4.69, 9.17) is 17.3 Å². The van der Waals surface area contributed by atoms with Gasteiger partial charge in [-0.1, -0.05) is 36.5 Å². The van der Waals surface area contributed by atoms with E-state index >= 15 is 0 Å². The monoisotopic (exact) mass is 507 g/mol. The lowest BCUT2D eigenvalue weighted by atomic mass is 10.0. The first kappa shape index (κ1) is 25.5. The summed E-state index contributed by atoms with van der Waals surface area (Å²) < 4.78 is 38.3. The van der Waals surface area contributed by atoms with Crippen LogP contribution in [0, 0.1) is 0 Å². The van der Waals surface area contributed by atoms with Crippen LogP contribution in [0.5, 0.6) is 5.75 Å². The minimum absolute atomic E-state index is 0.0304. The van der Waals surface area contributed by atoms with Crippen molar-refractivity contribution in [3.8, 4) is 16.2 Å². The minimum Gasteiger partial charge on any atom is -0.506 e. The molecule has 0 saturated carbocycles. The molecule has 178 valence electrons. The van der Waals surface area contributed by atoms with E-state index < -0.39 is 24.3 Å². The van der Waals surface area contributed by atoms with Crippen LogP contribution in [0.3, 0.4) is 0 Å². The number of aliphatic imine (C=N–C) groups is 1. The first-order valence-corrected chi connectivity index (χ1v) is 11.3. The largest absolute Gasteiger partial charge is 0.506 e. The summed E-state index contributed by atoms with van der Waals surface area (Å²) in [6.45, 7) is 1.48. The van der Waals surface area contributed by atoms with Gasteiger partial charge in [0, 0.05) is 27.9 Å². The second-order valence-electron chi connectivity index (χ2n) is 7.47. The molecule has 0 aliphatic carbocycles. The molecule has 10 heteroatoms. The lowest BCUT2D eigenvalue weighted by molar-refractivity contribution is -0.137. The van der Waals surface area contributed by atoms with Crippen LogP contribution >= 0.6 is 23.6 Å². The summed E-state index contributed by atoms with van der Waals surface area (Å²) in [6.07, 6.45) is -4.08. The number of aromatic hydroxyl groups is 1. The number of thiocarbonyl (C=S) groups is 1. The lowest BCUT2D eigenvalue weighted by Gasteiger charge is -2.08. The lowest BCUT2D eigenvalue weighted by Crippen LogP contribution is -2.08. The Morgan fingerprint density at radius 3 is 2.38 bits per heavy atom. The summed E-state index contributed by atoms with van der Waals surface area (Å²) in [7, 11) is 0. The van der Waals surface area contributed by atoms with E-state index in [0.29, 0.717) is 38.6 Å². The number of aliphatic hydroxyl groups excluding tert-OH is 1. The quantitative estimate of drug-likeness (QED) is 0.267. The van der Waals surface area contributed by atoms with Gasteiger partial charge in [0.1, 0.15) is 5.75 Å². The van der Waals surface area contributed by atoms with Gasteiger partial charge in [-0.25, -0.2) is 4.79 Å². The van der Waals surface area contributed by atoms with Gasteiger partial charge < -0.3 is 15.3 Å². The number of carboxylic acids is 1. The molecule has 5 nitrogen and oxygen atoms in total. The second-order valence-corrected chi connectivity index (χ2v) is 8.93. The van der Waals surface area contributed by atoms with E-state index in [1.165, 1.54) is 29.5 Å². The molecule has 0 spiro atoms. The van der Waals surface area contributed by atoms with Crippen molar-refractivity contribution < 1.29 is 33.3 Å². The van der Waals surface area contributed by atoms with Crippen LogP contribution in [0.15, 0.2) is 52.8 Å². The summed E-state index contributed by atoms with van der Waals surface area (Å²) in [5.41, 5.74) is 1.77. The maximum absolute atomic E-state index is 12.8. The van der Waals surface area contributed by atoms with Crippen LogP contribution < -0.4 is 0 Å². The summed E-state index contributed by atoms with van der Waals surface area (Å²) >= 11 is 6.59. The predicted octanol–water partition coefficient (Wildman–Crippen LogP) is 5.75. The van der Waals surface area contributed by atoms with Crippen LogP contribution in [0.4, 0.5) is 13.2 Å². The van der Waals surface area contributed by atoms with E-state index in [9.17, 15) is 28.2 Å². The highest BCUT2D eigenvalue weighted by Gasteiger charge is 2.30. The van der Waals surface area contributed by atoms with E-state index in [1.54, 1.807) is 24.4 Å². The number of halogens is 3. The number of aromatic carboxylic acids is 1. The van der Waals surface area contributed by atoms with Gasteiger partial charge in [-0.05, 0) is 41.8 Å². The Morgan fingerprint density at radius 1 is 1.12 bits per heavy atom. The van der Waals surface area contributed by atoms with Crippen molar-refractivity contribution in [3.63, 3.8) is 0 Å². The van der Waals surface area contributed by atoms with Gasteiger partial charge in [0.2, 0.25) is 0 Å². The van der Waals surface area contributed by atoms with Crippen molar-refractivity contribution in [1.29, 1.82) is 0 Å². The molecule has 0 amide bonds. The van der Waals surface area contributed by atoms with Crippen LogP contribution in [0.2, 0.25) is 0 Å². The smallest absolute Gasteiger partial charge is 0.416 e. The maximum atomic E-state index is 12.8. The zero-order valence-corrected chi connectivity index (χ0v) is 19.5. The number of alkyl halides is 3. The van der Waals surface area contributed by atoms with Gasteiger partial charge in [0.15, 0.2) is 0 Å². The van der Waals surface area contributed by atoms with Crippen molar-refractivity contribution >= 4 is 40.1 Å². The molecule has 3 rings (SSSR count). The highest BCUT2D eigenvalue weighted by molar-refractivity contribution is 7.80. The van der Waals surface area contributed by atoms with Crippen molar-refractivity contribution in [2.24, 2.45) is 4.99 Å². The molecule has 2 aromatic carbocycles. The summed E-state index contributed by atoms with van der Waals surface area (Å²) in [4.78, 5) is 16.6. The Kier molecular flexibility index (Phi) is 7.86. The molecule has 3 aromatic rings. The van der Waals surface area contributed by atoms with Gasteiger partial charge in [-0.2, -0.15) is 13.2 Å². The molecule has 1 heterocycles. The third kappa shape index (κ3) is 5.88. The first-order valence-electron chi connectivity index (χ1n) is 9.98. The van der Waals surface area contributed by atoms with Crippen LogP contribution in [-0.2, 0) is 19.2 Å². The zero-order chi connectivity index (χ0) is 25.0. The second kappa shape index (κ2) is 10.5. The Labute approximate surface area is 202 Å². The molecule has 0 radical (unpaired) electrons. The molecule has 3 N–H and O–H groups in total. The first-order chi connectivity index (χ1) is 16.0. The number of carbonyl (C=O) groups is 1. The van der Waals surface area contributed by atoms with Gasteiger partial charge in [0.05, 0.1) is 29.2 Å². The van der Waals surface area contributed by atoms with Crippen molar-refractivity contribution in [3.05, 3.63) is 75.7 Å². The summed E-state index contributed by atoms with van der Waals surface area (Å²) in [6, 6.07) is 9.22. The molecule has 0 bridgehead atoms. The zero-order valence-electron chi connectivity index (χ0n) is 17.9. The molecule has 0 atom stereocenters. The van der Waals surface area contributed by atoms with Crippen molar-refractivity contribution in [2.75, 3.05) is 6.54 Å². The fraction of sp³-hybridized carbons (Fsp3) is 0.208. The van der Waals surface area contributed by atoms with E-state index in [0.717, 1.165) is 17.7 Å². The number of nitrogens with zero attached hydrogens (tertiary/aromatic N) is 1. The Hall–Kier alpha value is -3.08. The summed E-state index contributed by atoms with van der Waals surface area (Å²) in [5, 5.41) is 30.8. The van der Waals surface area contributed by atoms with Gasteiger partial charge in [-0.15, -0.1) is 11.3 Å². The molecular formula is C24H20F3NO4S2. The maximum Gasteiger partial charge on any atom is 0.416 e. The SMILES string of the molecule is CC(=NCC(=S)Cc1ccc(C(=O)O)c(CO)c1)c1csc(-c2ccc(C(F)(F)F)cc2)c1O. The topological polar surface area (TPSA) is 90.1 Å². The predicted molar refractivity (Wildman–Crippen MR) is 129 cm³/mol. The van der Waals surface area contributed by atoms with E-state index in [-0.39, 0.29) is 17.9 Å². The van der Waals surface area contributed by atoms with E-state index in [2.05, 4.69) is 4.99 Å². The fourth-order valence-electron chi connectivity index (χ4n) is 3.30. The van der Waals surface area contributed by atoms with E-state index in [1.807, 2.05) is 0 Å². The summed E-state index contributed by atoms with van der Waals surface area (Å²) in [5.74, 6) is -1.18. The molecule has 0 saturated heterocycles. The number of carboxylic acid groups (broad SMARTS) is 1. The molecular weight excluding hydrogens is 487 g/mol. The fourth-order valence-corrected chi connectivity index (χ4v) is 4.54. The van der Waals surface area contributed by atoms with Crippen LogP contribution in [-0.4, -0.2) is 38.4 Å². The van der Waals surface area contributed by atoms with Gasteiger partial charge in [-0.3, -0.25) is 4.99 Å². The van der Waals surface area contributed by atoms with Crippen LogP contribution in [0.1, 0.15) is 39.5 Å². The molecule has 0 aliphatic rings. The third-order valence-corrected chi connectivity index (χ3v) is 6.39. The third-order valence-electron chi connectivity index (χ3n) is 5.09. The minimum atomic E-state index is -4.43. The number of rotatable bonds is 8. The van der Waals surface area contributed by atoms with Crippen molar-refractivity contribution in [1.82, 2.24) is 0 Å². The standard InChI is InChI=1S/C24H20F3NO4S2/c1-13(28-10-18(33)9-14-2-7-19(23(31)32)16(8-14)11-29)20-12-34-22(21(20)30)15-3-5-17(6-4-15)24(25,26)27/h2-8,12,29-30H,9-11H2,1H3,(H,31,32). The Bertz CT molecular complexity index is 1250. The van der Waals surface area contributed by atoms with Crippen molar-refractivity contribution in [2.45, 2.75) is 26.1 Å². The Balaban J connectivity index is 1.71. The van der Waals surface area contributed by atoms with Gasteiger partial charge >= 0.3 is 12.1 Å². The van der Waals surface area contributed by atoms with Crippen LogP contribution in [0.25, 0.3) is 10.4 Å². The normalized spacial score (nSPS) is 12.1. The molecule has 34 heavy (non-hydrogen) atoms. The number of hydrogen-bond donors (Lipinski definition) is 3. The number of hydrogen-bond acceptors (Lipinski definition) is 6. The molecule has 0 aliphatic heterocycles. The Morgan fingerprint density at radius 2 is 1.79 bits per heavy atom. The highest BCUT2D eigenvalue weighted by Crippen LogP contribution is 2.40. The average Bonchev–Trinajstić information content (AvgIpc) is 3.18. The van der Waals surface area contributed by atoms with Gasteiger partial charge in [0.25, 0.3) is 0 Å². The number of benzene rings is 2. The molecule has 0 unspecified atom stereocenters. The number of thiophene rings is 1. The average molecular weight is 508 g/mol.